The highest BCUT2D eigenvalue weighted by Crippen LogP contribution is 2.31. The maximum Gasteiger partial charge on any atom is 0.244 e. The van der Waals surface area contributed by atoms with Crippen molar-refractivity contribution in [2.24, 2.45) is 0 Å². The van der Waals surface area contributed by atoms with E-state index in [-0.39, 0.29) is 14.9 Å². The van der Waals surface area contributed by atoms with Gasteiger partial charge in [-0.2, -0.15) is 4.31 Å². The van der Waals surface area contributed by atoms with Gasteiger partial charge in [-0.3, -0.25) is 0 Å². The maximum atomic E-state index is 12.8. The first-order valence-corrected chi connectivity index (χ1v) is 9.96. The predicted molar refractivity (Wildman–Crippen MR) is 100 cm³/mol. The topological polar surface area (TPSA) is 49.9 Å². The van der Waals surface area contributed by atoms with Crippen molar-refractivity contribution in [3.8, 4) is 5.75 Å². The van der Waals surface area contributed by atoms with Crippen LogP contribution in [0.2, 0.25) is 10.0 Å². The fourth-order valence-corrected chi connectivity index (χ4v) is 4.97. The molecule has 1 aliphatic heterocycles. The monoisotopic (exact) mass is 400 g/mol. The number of hydrogen-bond donors (Lipinski definition) is 0. The van der Waals surface area contributed by atoms with E-state index >= 15 is 0 Å². The van der Waals surface area contributed by atoms with Crippen molar-refractivity contribution in [3.05, 3.63) is 52.5 Å². The summed E-state index contributed by atoms with van der Waals surface area (Å²) in [5.74, 6) is 0.776. The molecule has 0 saturated carbocycles. The largest absolute Gasteiger partial charge is 0.497 e. The van der Waals surface area contributed by atoms with E-state index in [1.54, 1.807) is 19.2 Å². The van der Waals surface area contributed by atoms with Crippen LogP contribution in [0.1, 0.15) is 0 Å². The van der Waals surface area contributed by atoms with Gasteiger partial charge in [0.2, 0.25) is 10.0 Å². The summed E-state index contributed by atoms with van der Waals surface area (Å²) in [4.78, 5) is 2.19. The Balaban J connectivity index is 1.76. The number of sulfonamides is 1. The van der Waals surface area contributed by atoms with E-state index < -0.39 is 10.0 Å². The molecule has 0 radical (unpaired) electrons. The third kappa shape index (κ3) is 3.72. The maximum absolute atomic E-state index is 12.8. The smallest absolute Gasteiger partial charge is 0.244 e. The van der Waals surface area contributed by atoms with Gasteiger partial charge in [0.25, 0.3) is 0 Å². The standard InChI is InChI=1S/C17H18Cl2N2O3S/c1-24-14-5-2-4-13(12-14)20-8-10-21(11-9-20)25(22,23)16-7-3-6-15(18)17(16)19/h2-7,12H,8-11H2,1H3. The zero-order valence-electron chi connectivity index (χ0n) is 13.7. The van der Waals surface area contributed by atoms with Crippen LogP contribution >= 0.6 is 23.2 Å². The molecule has 0 aliphatic carbocycles. The van der Waals surface area contributed by atoms with E-state index in [9.17, 15) is 8.42 Å². The first kappa shape index (κ1) is 18.3. The molecule has 5 nitrogen and oxygen atoms in total. The van der Waals surface area contributed by atoms with Gasteiger partial charge in [0.15, 0.2) is 0 Å². The number of anilines is 1. The van der Waals surface area contributed by atoms with E-state index in [1.165, 1.54) is 10.4 Å². The summed E-state index contributed by atoms with van der Waals surface area (Å²) in [6.07, 6.45) is 0. The number of rotatable bonds is 4. The van der Waals surface area contributed by atoms with Gasteiger partial charge >= 0.3 is 0 Å². The summed E-state index contributed by atoms with van der Waals surface area (Å²) < 4.78 is 32.4. The number of methoxy groups -OCH3 is 1. The lowest BCUT2D eigenvalue weighted by Crippen LogP contribution is -2.48. The Morgan fingerprint density at radius 1 is 1.00 bits per heavy atom. The van der Waals surface area contributed by atoms with Gasteiger partial charge in [-0.1, -0.05) is 35.3 Å². The van der Waals surface area contributed by atoms with Crippen molar-refractivity contribution in [2.45, 2.75) is 4.90 Å². The van der Waals surface area contributed by atoms with Gasteiger partial charge < -0.3 is 9.64 Å². The summed E-state index contributed by atoms with van der Waals surface area (Å²) in [5, 5.41) is 0.303. The van der Waals surface area contributed by atoms with E-state index in [0.29, 0.717) is 26.2 Å². The molecule has 2 aromatic carbocycles. The van der Waals surface area contributed by atoms with Gasteiger partial charge in [-0.05, 0) is 24.3 Å². The Morgan fingerprint density at radius 3 is 2.36 bits per heavy atom. The second kappa shape index (κ2) is 7.41. The van der Waals surface area contributed by atoms with Crippen LogP contribution < -0.4 is 9.64 Å². The van der Waals surface area contributed by atoms with Crippen molar-refractivity contribution >= 4 is 38.9 Å². The van der Waals surface area contributed by atoms with Crippen LogP contribution in [0, 0.1) is 0 Å². The summed E-state index contributed by atoms with van der Waals surface area (Å²) >= 11 is 12.0. The molecular weight excluding hydrogens is 383 g/mol. The normalized spacial score (nSPS) is 16.0. The minimum atomic E-state index is -3.67. The Kier molecular flexibility index (Phi) is 5.43. The average Bonchev–Trinajstić information content (AvgIpc) is 2.64. The highest BCUT2D eigenvalue weighted by Gasteiger charge is 2.30. The van der Waals surface area contributed by atoms with Gasteiger partial charge in [-0.15, -0.1) is 0 Å². The van der Waals surface area contributed by atoms with E-state index in [4.69, 9.17) is 27.9 Å². The molecule has 134 valence electrons. The minimum absolute atomic E-state index is 0.0523. The Bertz CT molecular complexity index is 866. The molecule has 0 atom stereocenters. The van der Waals surface area contributed by atoms with Crippen LogP contribution in [0.15, 0.2) is 47.4 Å². The van der Waals surface area contributed by atoms with Crippen LogP contribution in [0.25, 0.3) is 0 Å². The molecule has 3 rings (SSSR count). The zero-order chi connectivity index (χ0) is 18.0. The summed E-state index contributed by atoms with van der Waals surface area (Å²) in [6.45, 7) is 1.93. The number of benzene rings is 2. The second-order valence-electron chi connectivity index (χ2n) is 5.64. The molecule has 8 heteroatoms. The predicted octanol–water partition coefficient (Wildman–Crippen LogP) is 3.51. The van der Waals surface area contributed by atoms with E-state index in [2.05, 4.69) is 4.90 Å². The molecule has 0 amide bonds. The van der Waals surface area contributed by atoms with Gasteiger partial charge in [0.1, 0.15) is 10.6 Å². The second-order valence-corrected chi connectivity index (χ2v) is 8.34. The molecule has 2 aromatic rings. The van der Waals surface area contributed by atoms with Crippen molar-refractivity contribution < 1.29 is 13.2 Å². The van der Waals surface area contributed by atoms with Gasteiger partial charge in [0.05, 0.1) is 17.2 Å². The first-order valence-electron chi connectivity index (χ1n) is 7.76. The molecule has 0 aromatic heterocycles. The summed E-state index contributed by atoms with van der Waals surface area (Å²) in [6, 6.07) is 12.4. The molecule has 1 heterocycles. The third-order valence-corrected chi connectivity index (χ3v) is 7.06. The lowest BCUT2D eigenvalue weighted by molar-refractivity contribution is 0.384. The molecule has 0 spiro atoms. The molecule has 1 aliphatic rings. The van der Waals surface area contributed by atoms with E-state index in [1.807, 2.05) is 24.3 Å². The van der Waals surface area contributed by atoms with Crippen LogP contribution in [-0.2, 0) is 10.0 Å². The van der Waals surface area contributed by atoms with Crippen molar-refractivity contribution in [1.29, 1.82) is 0 Å². The zero-order valence-corrected chi connectivity index (χ0v) is 16.0. The molecule has 0 N–H and O–H groups in total. The van der Waals surface area contributed by atoms with Gasteiger partial charge in [-0.25, -0.2) is 8.42 Å². The fraction of sp³-hybridized carbons (Fsp3) is 0.294. The molecular formula is C17H18Cl2N2O3S. The van der Waals surface area contributed by atoms with Crippen LogP contribution in [0.5, 0.6) is 5.75 Å². The van der Waals surface area contributed by atoms with Gasteiger partial charge in [0, 0.05) is 37.9 Å². The molecule has 1 saturated heterocycles. The van der Waals surface area contributed by atoms with Crippen molar-refractivity contribution in [1.82, 2.24) is 4.31 Å². The Labute approximate surface area is 157 Å². The number of hydrogen-bond acceptors (Lipinski definition) is 4. The third-order valence-electron chi connectivity index (χ3n) is 4.19. The first-order chi connectivity index (χ1) is 11.9. The average molecular weight is 401 g/mol. The molecule has 25 heavy (non-hydrogen) atoms. The SMILES string of the molecule is COc1cccc(N2CCN(S(=O)(=O)c3cccc(Cl)c3Cl)CC2)c1. The quantitative estimate of drug-likeness (QED) is 0.787. The number of halogens is 2. The van der Waals surface area contributed by atoms with Crippen molar-refractivity contribution in [3.63, 3.8) is 0 Å². The Morgan fingerprint density at radius 2 is 1.68 bits per heavy atom. The fourth-order valence-electron chi connectivity index (χ4n) is 2.82. The Hall–Kier alpha value is -1.47. The molecule has 1 fully saturated rings. The summed E-state index contributed by atoms with van der Waals surface area (Å²) in [5.41, 5.74) is 1.01. The van der Waals surface area contributed by atoms with Crippen LogP contribution in [0.4, 0.5) is 5.69 Å². The van der Waals surface area contributed by atoms with Crippen LogP contribution in [-0.4, -0.2) is 46.0 Å². The lowest BCUT2D eigenvalue weighted by atomic mass is 10.2. The highest BCUT2D eigenvalue weighted by atomic mass is 35.5. The number of nitrogens with zero attached hydrogens (tertiary/aromatic N) is 2. The molecule has 0 bridgehead atoms. The van der Waals surface area contributed by atoms with E-state index in [0.717, 1.165) is 11.4 Å². The lowest BCUT2D eigenvalue weighted by Gasteiger charge is -2.35. The minimum Gasteiger partial charge on any atom is -0.497 e. The van der Waals surface area contributed by atoms with Crippen molar-refractivity contribution in [2.75, 3.05) is 38.2 Å². The van der Waals surface area contributed by atoms with Crippen LogP contribution in [0.3, 0.4) is 0 Å². The number of ether oxygens (including phenoxy) is 1. The number of piperazine rings is 1. The summed E-state index contributed by atoms with van der Waals surface area (Å²) in [7, 11) is -2.04. The molecule has 0 unspecified atom stereocenters. The highest BCUT2D eigenvalue weighted by molar-refractivity contribution is 7.89.